The second-order valence-corrected chi connectivity index (χ2v) is 7.71. The smallest absolute Gasteiger partial charge is 0.266 e. The first-order chi connectivity index (χ1) is 15.4. The van der Waals surface area contributed by atoms with Crippen LogP contribution < -0.4 is 10.3 Å². The molecule has 32 heavy (non-hydrogen) atoms. The molecule has 1 atom stereocenters. The topological polar surface area (TPSA) is 64.4 Å². The van der Waals surface area contributed by atoms with Gasteiger partial charge in [0.2, 0.25) is 0 Å². The van der Waals surface area contributed by atoms with Gasteiger partial charge in [0.1, 0.15) is 11.6 Å². The predicted octanol–water partition coefficient (Wildman–Crippen LogP) is 4.54. The molecule has 1 amide bonds. The van der Waals surface area contributed by atoms with Crippen LogP contribution in [0.2, 0.25) is 0 Å². The molecule has 0 radical (unpaired) electrons. The van der Waals surface area contributed by atoms with Crippen LogP contribution >= 0.6 is 0 Å². The second kappa shape index (κ2) is 8.67. The zero-order valence-corrected chi connectivity index (χ0v) is 18.6. The van der Waals surface area contributed by atoms with Crippen LogP contribution in [0.5, 0.6) is 5.75 Å². The third-order valence-electron chi connectivity index (χ3n) is 5.78. The van der Waals surface area contributed by atoms with E-state index in [-0.39, 0.29) is 11.5 Å². The number of fused-ring (bicyclic) bond motifs is 1. The SMILES string of the molecule is COc1ccccc1-n1c(C(C)N(C)C(=O)c2ccccc2C)nc2ccccc2c1=O. The number of carbonyl (C=O) groups is 1. The van der Waals surface area contributed by atoms with Gasteiger partial charge < -0.3 is 9.64 Å². The monoisotopic (exact) mass is 427 g/mol. The largest absolute Gasteiger partial charge is 0.495 e. The van der Waals surface area contributed by atoms with Crippen LogP contribution in [0.3, 0.4) is 0 Å². The van der Waals surface area contributed by atoms with E-state index in [0.29, 0.717) is 33.7 Å². The zero-order chi connectivity index (χ0) is 22.8. The van der Waals surface area contributed by atoms with Crippen molar-refractivity contribution in [3.05, 3.63) is 100 Å². The molecule has 3 aromatic carbocycles. The lowest BCUT2D eigenvalue weighted by Crippen LogP contribution is -2.35. The average Bonchev–Trinajstić information content (AvgIpc) is 2.83. The minimum atomic E-state index is -0.482. The highest BCUT2D eigenvalue weighted by Gasteiger charge is 2.26. The number of aryl methyl sites for hydroxylation is 1. The Balaban J connectivity index is 1.92. The van der Waals surface area contributed by atoms with E-state index in [4.69, 9.17) is 9.72 Å². The fourth-order valence-electron chi connectivity index (χ4n) is 3.83. The predicted molar refractivity (Wildman–Crippen MR) is 126 cm³/mol. The van der Waals surface area contributed by atoms with E-state index in [2.05, 4.69) is 0 Å². The van der Waals surface area contributed by atoms with Crippen LogP contribution in [0.15, 0.2) is 77.6 Å². The van der Waals surface area contributed by atoms with Gasteiger partial charge in [0.25, 0.3) is 11.5 Å². The number of methoxy groups -OCH3 is 1. The Morgan fingerprint density at radius 3 is 2.41 bits per heavy atom. The molecule has 0 aliphatic rings. The summed E-state index contributed by atoms with van der Waals surface area (Å²) in [5.41, 5.74) is 2.47. The van der Waals surface area contributed by atoms with E-state index in [1.807, 2.05) is 74.5 Å². The fraction of sp³-hybridized carbons (Fsp3) is 0.192. The number of hydrogen-bond donors (Lipinski definition) is 0. The minimum absolute atomic E-state index is 0.135. The van der Waals surface area contributed by atoms with E-state index in [1.165, 1.54) is 0 Å². The van der Waals surface area contributed by atoms with Gasteiger partial charge in [-0.15, -0.1) is 0 Å². The van der Waals surface area contributed by atoms with Crippen LogP contribution in [0.4, 0.5) is 0 Å². The van der Waals surface area contributed by atoms with Gasteiger partial charge >= 0.3 is 0 Å². The van der Waals surface area contributed by atoms with Crippen molar-refractivity contribution in [2.75, 3.05) is 14.2 Å². The lowest BCUT2D eigenvalue weighted by atomic mass is 10.1. The maximum Gasteiger partial charge on any atom is 0.266 e. The molecule has 4 aromatic rings. The van der Waals surface area contributed by atoms with Crippen molar-refractivity contribution in [2.24, 2.45) is 0 Å². The number of rotatable bonds is 5. The lowest BCUT2D eigenvalue weighted by Gasteiger charge is -2.28. The second-order valence-electron chi connectivity index (χ2n) is 7.71. The van der Waals surface area contributed by atoms with Gasteiger partial charge in [0.05, 0.1) is 29.7 Å². The molecule has 0 fully saturated rings. The molecule has 1 aromatic heterocycles. The first-order valence-electron chi connectivity index (χ1n) is 10.4. The molecule has 1 heterocycles. The van der Waals surface area contributed by atoms with E-state index in [9.17, 15) is 9.59 Å². The highest BCUT2D eigenvalue weighted by Crippen LogP contribution is 2.28. The minimum Gasteiger partial charge on any atom is -0.495 e. The molecule has 162 valence electrons. The molecule has 0 aliphatic carbocycles. The summed E-state index contributed by atoms with van der Waals surface area (Å²) in [5, 5.41) is 0.502. The van der Waals surface area contributed by atoms with Crippen molar-refractivity contribution in [2.45, 2.75) is 19.9 Å². The van der Waals surface area contributed by atoms with Crippen LogP contribution in [0, 0.1) is 6.92 Å². The summed E-state index contributed by atoms with van der Waals surface area (Å²) in [5.74, 6) is 0.875. The number of carbonyl (C=O) groups excluding carboxylic acids is 1. The highest BCUT2D eigenvalue weighted by atomic mass is 16.5. The standard InChI is InChI=1S/C26H25N3O3/c1-17-11-5-6-12-19(17)25(30)28(3)18(2)24-27-21-14-8-7-13-20(21)26(31)29(24)22-15-9-10-16-23(22)32-4/h5-16,18H,1-4H3. The fourth-order valence-corrected chi connectivity index (χ4v) is 3.83. The molecule has 1 unspecified atom stereocenters. The van der Waals surface area contributed by atoms with Crippen molar-refractivity contribution in [1.82, 2.24) is 14.5 Å². The van der Waals surface area contributed by atoms with Gasteiger partial charge in [-0.25, -0.2) is 4.98 Å². The molecule has 4 rings (SSSR count). The Labute approximate surface area is 186 Å². The summed E-state index contributed by atoms with van der Waals surface area (Å²) < 4.78 is 7.08. The molecular formula is C26H25N3O3. The summed E-state index contributed by atoms with van der Waals surface area (Å²) in [6.07, 6.45) is 0. The maximum atomic E-state index is 13.6. The Morgan fingerprint density at radius 2 is 1.66 bits per heavy atom. The first-order valence-corrected chi connectivity index (χ1v) is 10.4. The van der Waals surface area contributed by atoms with Gasteiger partial charge in [-0.3, -0.25) is 14.2 Å². The van der Waals surface area contributed by atoms with Gasteiger partial charge in [0, 0.05) is 12.6 Å². The van der Waals surface area contributed by atoms with Crippen molar-refractivity contribution >= 4 is 16.8 Å². The number of ether oxygens (including phenoxy) is 1. The summed E-state index contributed by atoms with van der Waals surface area (Å²) >= 11 is 0. The van der Waals surface area contributed by atoms with Crippen molar-refractivity contribution in [1.29, 1.82) is 0 Å². The van der Waals surface area contributed by atoms with Gasteiger partial charge in [-0.2, -0.15) is 0 Å². The summed E-state index contributed by atoms with van der Waals surface area (Å²) in [4.78, 5) is 33.3. The summed E-state index contributed by atoms with van der Waals surface area (Å²) in [7, 11) is 3.29. The number of para-hydroxylation sites is 3. The number of aromatic nitrogens is 2. The molecule has 6 nitrogen and oxygen atoms in total. The molecular weight excluding hydrogens is 402 g/mol. The van der Waals surface area contributed by atoms with E-state index < -0.39 is 6.04 Å². The number of nitrogens with zero attached hydrogens (tertiary/aromatic N) is 3. The number of hydrogen-bond acceptors (Lipinski definition) is 4. The van der Waals surface area contributed by atoms with Crippen LogP contribution in [-0.4, -0.2) is 34.5 Å². The number of benzene rings is 3. The maximum absolute atomic E-state index is 13.6. The quantitative estimate of drug-likeness (QED) is 0.469. The van der Waals surface area contributed by atoms with Crippen molar-refractivity contribution < 1.29 is 9.53 Å². The van der Waals surface area contributed by atoms with Gasteiger partial charge in [-0.1, -0.05) is 42.5 Å². The Hall–Kier alpha value is -3.93. The van der Waals surface area contributed by atoms with Crippen LogP contribution in [0.25, 0.3) is 16.6 Å². The Bertz CT molecular complexity index is 1360. The molecule has 0 bridgehead atoms. The van der Waals surface area contributed by atoms with E-state index in [1.54, 1.807) is 35.8 Å². The lowest BCUT2D eigenvalue weighted by molar-refractivity contribution is 0.0734. The van der Waals surface area contributed by atoms with E-state index >= 15 is 0 Å². The number of amides is 1. The van der Waals surface area contributed by atoms with E-state index in [0.717, 1.165) is 5.56 Å². The molecule has 0 N–H and O–H groups in total. The highest BCUT2D eigenvalue weighted by molar-refractivity contribution is 5.95. The molecule has 0 spiro atoms. The van der Waals surface area contributed by atoms with Crippen LogP contribution in [-0.2, 0) is 0 Å². The summed E-state index contributed by atoms with van der Waals surface area (Å²) in [6, 6.07) is 21.5. The zero-order valence-electron chi connectivity index (χ0n) is 18.6. The molecule has 0 saturated carbocycles. The normalized spacial score (nSPS) is 11.9. The van der Waals surface area contributed by atoms with Gasteiger partial charge in [0.15, 0.2) is 0 Å². The third kappa shape index (κ3) is 3.64. The van der Waals surface area contributed by atoms with Crippen molar-refractivity contribution in [3.63, 3.8) is 0 Å². The average molecular weight is 428 g/mol. The third-order valence-corrected chi connectivity index (χ3v) is 5.78. The molecule has 0 saturated heterocycles. The Morgan fingerprint density at radius 1 is 1.00 bits per heavy atom. The summed E-state index contributed by atoms with van der Waals surface area (Å²) in [6.45, 7) is 3.78. The van der Waals surface area contributed by atoms with Crippen molar-refractivity contribution in [3.8, 4) is 11.4 Å². The molecule has 6 heteroatoms. The first kappa shape index (κ1) is 21.3. The molecule has 0 aliphatic heterocycles. The van der Waals surface area contributed by atoms with Crippen LogP contribution in [0.1, 0.15) is 34.7 Å². The van der Waals surface area contributed by atoms with Gasteiger partial charge in [-0.05, 0) is 49.7 Å². The Kier molecular flexibility index (Phi) is 5.77.